The van der Waals surface area contributed by atoms with E-state index in [9.17, 15) is 0 Å². The molecule has 0 saturated carbocycles. The maximum atomic E-state index is 3.74. The molecule has 17 heavy (non-hydrogen) atoms. The summed E-state index contributed by atoms with van der Waals surface area (Å²) in [6.45, 7) is 15.5. The molecule has 1 heterocycles. The molecule has 102 valence electrons. The number of nitrogens with zero attached hydrogens (tertiary/aromatic N) is 1. The van der Waals surface area contributed by atoms with Crippen LogP contribution >= 0.6 is 0 Å². The molecule has 4 atom stereocenters. The van der Waals surface area contributed by atoms with Crippen LogP contribution in [0.1, 0.15) is 53.9 Å². The molecule has 0 bridgehead atoms. The van der Waals surface area contributed by atoms with Gasteiger partial charge < -0.3 is 5.32 Å². The van der Waals surface area contributed by atoms with Gasteiger partial charge in [-0.2, -0.15) is 0 Å². The molecule has 4 unspecified atom stereocenters. The number of nitrogens with one attached hydrogen (secondary N) is 1. The average molecular weight is 240 g/mol. The summed E-state index contributed by atoms with van der Waals surface area (Å²) < 4.78 is 0. The Balaban J connectivity index is 2.58. The van der Waals surface area contributed by atoms with Crippen molar-refractivity contribution in [2.75, 3.05) is 19.6 Å². The molecule has 1 saturated heterocycles. The first kappa shape index (κ1) is 15.0. The van der Waals surface area contributed by atoms with Crippen LogP contribution in [-0.4, -0.2) is 36.6 Å². The van der Waals surface area contributed by atoms with Crippen LogP contribution in [0.4, 0.5) is 0 Å². The molecule has 0 amide bonds. The summed E-state index contributed by atoms with van der Waals surface area (Å²) in [5.41, 5.74) is 0. The lowest BCUT2D eigenvalue weighted by atomic mass is 9.98. The van der Waals surface area contributed by atoms with Crippen LogP contribution in [0.5, 0.6) is 0 Å². The van der Waals surface area contributed by atoms with Crippen LogP contribution in [0.2, 0.25) is 0 Å². The predicted octanol–water partition coefficient (Wildman–Crippen LogP) is 3.13. The zero-order valence-corrected chi connectivity index (χ0v) is 12.5. The van der Waals surface area contributed by atoms with Gasteiger partial charge in [0, 0.05) is 25.2 Å². The Morgan fingerprint density at radius 1 is 1.24 bits per heavy atom. The van der Waals surface area contributed by atoms with E-state index in [1.165, 1.54) is 38.9 Å². The van der Waals surface area contributed by atoms with Gasteiger partial charge in [0.25, 0.3) is 0 Å². The van der Waals surface area contributed by atoms with Crippen molar-refractivity contribution in [2.45, 2.75) is 66.0 Å². The molecule has 2 heteroatoms. The molecule has 1 aliphatic rings. The Morgan fingerprint density at radius 2 is 1.94 bits per heavy atom. The fourth-order valence-electron chi connectivity index (χ4n) is 2.61. The number of rotatable bonds is 5. The van der Waals surface area contributed by atoms with Crippen molar-refractivity contribution in [2.24, 2.45) is 11.8 Å². The fourth-order valence-corrected chi connectivity index (χ4v) is 2.61. The average Bonchev–Trinajstić information content (AvgIpc) is 2.51. The smallest absolute Gasteiger partial charge is 0.0220 e. The summed E-state index contributed by atoms with van der Waals surface area (Å²) in [7, 11) is 0. The first-order chi connectivity index (χ1) is 8.08. The quantitative estimate of drug-likeness (QED) is 0.794. The first-order valence-corrected chi connectivity index (χ1v) is 7.55. The van der Waals surface area contributed by atoms with Gasteiger partial charge in [-0.15, -0.1) is 0 Å². The molecule has 1 rings (SSSR count). The lowest BCUT2D eigenvalue weighted by Crippen LogP contribution is -2.44. The molecule has 1 fully saturated rings. The zero-order chi connectivity index (χ0) is 12.8. The summed E-state index contributed by atoms with van der Waals surface area (Å²) in [5, 5.41) is 3.74. The highest BCUT2D eigenvalue weighted by atomic mass is 15.2. The lowest BCUT2D eigenvalue weighted by molar-refractivity contribution is 0.164. The Kier molecular flexibility index (Phi) is 6.50. The maximum Gasteiger partial charge on any atom is 0.0220 e. The molecule has 0 aliphatic carbocycles. The molecule has 1 aliphatic heterocycles. The summed E-state index contributed by atoms with van der Waals surface area (Å²) >= 11 is 0. The van der Waals surface area contributed by atoms with Crippen LogP contribution in [0.15, 0.2) is 0 Å². The second kappa shape index (κ2) is 7.38. The Hall–Kier alpha value is -0.0800. The lowest BCUT2D eigenvalue weighted by Gasteiger charge is -2.33. The number of hydrogen-bond donors (Lipinski definition) is 1. The van der Waals surface area contributed by atoms with Crippen molar-refractivity contribution < 1.29 is 0 Å². The largest absolute Gasteiger partial charge is 0.312 e. The molecular weight excluding hydrogens is 208 g/mol. The number of hydrogen-bond acceptors (Lipinski definition) is 2. The van der Waals surface area contributed by atoms with Gasteiger partial charge in [-0.1, -0.05) is 40.5 Å². The topological polar surface area (TPSA) is 15.3 Å². The Bertz CT molecular complexity index is 205. The summed E-state index contributed by atoms with van der Waals surface area (Å²) in [4.78, 5) is 2.71. The minimum absolute atomic E-state index is 0.689. The molecule has 0 aromatic heterocycles. The Labute approximate surface area is 108 Å². The highest BCUT2D eigenvalue weighted by Crippen LogP contribution is 2.17. The maximum absolute atomic E-state index is 3.74. The molecule has 0 radical (unpaired) electrons. The van der Waals surface area contributed by atoms with Gasteiger partial charge in [0.15, 0.2) is 0 Å². The van der Waals surface area contributed by atoms with Gasteiger partial charge in [-0.25, -0.2) is 0 Å². The third-order valence-electron chi connectivity index (χ3n) is 4.60. The van der Waals surface area contributed by atoms with E-state index in [2.05, 4.69) is 44.8 Å². The minimum atomic E-state index is 0.689. The summed E-state index contributed by atoms with van der Waals surface area (Å²) in [5.74, 6) is 1.62. The van der Waals surface area contributed by atoms with Gasteiger partial charge >= 0.3 is 0 Å². The molecule has 1 N–H and O–H groups in total. The highest BCUT2D eigenvalue weighted by Gasteiger charge is 2.26. The summed E-state index contributed by atoms with van der Waals surface area (Å²) in [6.07, 6.45) is 3.87. The van der Waals surface area contributed by atoms with Crippen LogP contribution in [0.25, 0.3) is 0 Å². The molecule has 0 aromatic carbocycles. The van der Waals surface area contributed by atoms with E-state index in [1.807, 2.05) is 0 Å². The van der Waals surface area contributed by atoms with E-state index < -0.39 is 0 Å². The van der Waals surface area contributed by atoms with Crippen molar-refractivity contribution in [1.29, 1.82) is 0 Å². The molecule has 2 nitrogen and oxygen atoms in total. The van der Waals surface area contributed by atoms with Gasteiger partial charge in [0.2, 0.25) is 0 Å². The fraction of sp³-hybridized carbons (Fsp3) is 1.00. The van der Waals surface area contributed by atoms with Gasteiger partial charge in [-0.3, -0.25) is 4.90 Å². The van der Waals surface area contributed by atoms with Gasteiger partial charge in [0.05, 0.1) is 0 Å². The van der Waals surface area contributed by atoms with Gasteiger partial charge in [-0.05, 0) is 31.7 Å². The monoisotopic (exact) mass is 240 g/mol. The van der Waals surface area contributed by atoms with Crippen LogP contribution in [0.3, 0.4) is 0 Å². The van der Waals surface area contributed by atoms with Gasteiger partial charge in [0.1, 0.15) is 0 Å². The van der Waals surface area contributed by atoms with E-state index in [0.29, 0.717) is 6.04 Å². The third-order valence-corrected chi connectivity index (χ3v) is 4.60. The SMILES string of the molecule is CCC(C)CN1CC(C(C)CC)NCCC1C. The van der Waals surface area contributed by atoms with E-state index in [-0.39, 0.29) is 0 Å². The van der Waals surface area contributed by atoms with Crippen molar-refractivity contribution in [1.82, 2.24) is 10.2 Å². The molecule has 0 spiro atoms. The third kappa shape index (κ3) is 4.59. The van der Waals surface area contributed by atoms with Crippen molar-refractivity contribution >= 4 is 0 Å². The Morgan fingerprint density at radius 3 is 2.53 bits per heavy atom. The molecular formula is C15H32N2. The highest BCUT2D eigenvalue weighted by molar-refractivity contribution is 4.84. The van der Waals surface area contributed by atoms with Crippen LogP contribution in [-0.2, 0) is 0 Å². The van der Waals surface area contributed by atoms with Crippen LogP contribution in [0, 0.1) is 11.8 Å². The van der Waals surface area contributed by atoms with E-state index >= 15 is 0 Å². The minimum Gasteiger partial charge on any atom is -0.312 e. The second-order valence-corrected chi connectivity index (χ2v) is 6.05. The second-order valence-electron chi connectivity index (χ2n) is 6.05. The van der Waals surface area contributed by atoms with Crippen molar-refractivity contribution in [3.63, 3.8) is 0 Å². The first-order valence-electron chi connectivity index (χ1n) is 7.55. The standard InChI is InChI=1S/C15H32N2/c1-6-12(3)10-17-11-15(13(4)7-2)16-9-8-14(17)5/h12-16H,6-11H2,1-5H3. The predicted molar refractivity (Wildman–Crippen MR) is 76.4 cm³/mol. The summed E-state index contributed by atoms with van der Waals surface area (Å²) in [6, 6.07) is 1.43. The van der Waals surface area contributed by atoms with Crippen molar-refractivity contribution in [3.05, 3.63) is 0 Å². The van der Waals surface area contributed by atoms with E-state index in [1.54, 1.807) is 0 Å². The van der Waals surface area contributed by atoms with E-state index in [0.717, 1.165) is 17.9 Å². The molecule has 0 aromatic rings. The van der Waals surface area contributed by atoms with Crippen LogP contribution < -0.4 is 5.32 Å². The normalized spacial score (nSPS) is 30.9. The van der Waals surface area contributed by atoms with E-state index in [4.69, 9.17) is 0 Å². The van der Waals surface area contributed by atoms with Crippen molar-refractivity contribution in [3.8, 4) is 0 Å². The zero-order valence-electron chi connectivity index (χ0n) is 12.5.